The van der Waals surface area contributed by atoms with Crippen molar-refractivity contribution in [3.63, 3.8) is 0 Å². The second-order valence-corrected chi connectivity index (χ2v) is 3.76. The SMILES string of the molecule is CCC1C=CC(C)C(C(=O)O)C1N. The Morgan fingerprint density at radius 1 is 1.54 bits per heavy atom. The Morgan fingerprint density at radius 3 is 2.62 bits per heavy atom. The van der Waals surface area contributed by atoms with E-state index in [0.29, 0.717) is 0 Å². The average Bonchev–Trinajstić information content (AvgIpc) is 2.04. The van der Waals surface area contributed by atoms with Crippen molar-refractivity contribution in [1.29, 1.82) is 0 Å². The highest BCUT2D eigenvalue weighted by atomic mass is 16.4. The summed E-state index contributed by atoms with van der Waals surface area (Å²) in [6.45, 7) is 3.94. The van der Waals surface area contributed by atoms with Crippen LogP contribution in [0.15, 0.2) is 12.2 Å². The third-order valence-corrected chi connectivity index (χ3v) is 2.89. The Kier molecular flexibility index (Phi) is 3.09. The Balaban J connectivity index is 2.84. The van der Waals surface area contributed by atoms with Gasteiger partial charge in [0, 0.05) is 6.04 Å². The molecule has 1 rings (SSSR count). The monoisotopic (exact) mass is 183 g/mol. The largest absolute Gasteiger partial charge is 0.481 e. The molecule has 0 saturated carbocycles. The van der Waals surface area contributed by atoms with Gasteiger partial charge in [-0.05, 0) is 18.3 Å². The highest BCUT2D eigenvalue weighted by molar-refractivity contribution is 5.72. The summed E-state index contributed by atoms with van der Waals surface area (Å²) in [6, 6.07) is -0.234. The van der Waals surface area contributed by atoms with Crippen molar-refractivity contribution in [3.05, 3.63) is 12.2 Å². The Morgan fingerprint density at radius 2 is 2.15 bits per heavy atom. The summed E-state index contributed by atoms with van der Waals surface area (Å²) in [5.74, 6) is -0.926. The van der Waals surface area contributed by atoms with Crippen LogP contribution >= 0.6 is 0 Å². The molecule has 3 heteroatoms. The fraction of sp³-hybridized carbons (Fsp3) is 0.700. The van der Waals surface area contributed by atoms with E-state index in [9.17, 15) is 4.79 Å². The molecule has 0 aliphatic heterocycles. The lowest BCUT2D eigenvalue weighted by atomic mass is 9.75. The number of rotatable bonds is 2. The van der Waals surface area contributed by atoms with Crippen molar-refractivity contribution in [3.8, 4) is 0 Å². The lowest BCUT2D eigenvalue weighted by Crippen LogP contribution is -2.45. The van der Waals surface area contributed by atoms with E-state index in [-0.39, 0.29) is 17.9 Å². The summed E-state index contributed by atoms with van der Waals surface area (Å²) in [5, 5.41) is 8.98. The molecular weight excluding hydrogens is 166 g/mol. The molecule has 0 aromatic heterocycles. The highest BCUT2D eigenvalue weighted by Gasteiger charge is 2.35. The number of allylic oxidation sites excluding steroid dienone is 1. The summed E-state index contributed by atoms with van der Waals surface area (Å²) in [6.07, 6.45) is 4.93. The normalized spacial score (nSPS) is 39.0. The lowest BCUT2D eigenvalue weighted by molar-refractivity contribution is -0.144. The van der Waals surface area contributed by atoms with Crippen molar-refractivity contribution < 1.29 is 9.90 Å². The standard InChI is InChI=1S/C10H17NO2/c1-3-7-5-4-6(2)8(9(7)11)10(12)13/h4-9H,3,11H2,1-2H3,(H,12,13). The van der Waals surface area contributed by atoms with Gasteiger partial charge in [0.15, 0.2) is 0 Å². The first-order valence-corrected chi connectivity index (χ1v) is 4.74. The van der Waals surface area contributed by atoms with Crippen molar-refractivity contribution >= 4 is 5.97 Å². The summed E-state index contributed by atoms with van der Waals surface area (Å²) >= 11 is 0. The predicted octanol–water partition coefficient (Wildman–Crippen LogP) is 1.25. The van der Waals surface area contributed by atoms with Crippen molar-refractivity contribution in [2.75, 3.05) is 0 Å². The van der Waals surface area contributed by atoms with Crippen LogP contribution in [-0.4, -0.2) is 17.1 Å². The number of nitrogens with two attached hydrogens (primary N) is 1. The van der Waals surface area contributed by atoms with Crippen LogP contribution in [0.2, 0.25) is 0 Å². The van der Waals surface area contributed by atoms with Gasteiger partial charge in [0.25, 0.3) is 0 Å². The van der Waals surface area contributed by atoms with E-state index in [1.165, 1.54) is 0 Å². The molecule has 0 aromatic carbocycles. The van der Waals surface area contributed by atoms with E-state index in [2.05, 4.69) is 6.08 Å². The quantitative estimate of drug-likeness (QED) is 0.633. The van der Waals surface area contributed by atoms with Gasteiger partial charge in [-0.1, -0.05) is 26.0 Å². The van der Waals surface area contributed by atoms with Gasteiger partial charge in [-0.15, -0.1) is 0 Å². The molecule has 1 aliphatic rings. The molecule has 3 N–H and O–H groups in total. The first-order chi connectivity index (χ1) is 6.07. The summed E-state index contributed by atoms with van der Waals surface area (Å²) in [7, 11) is 0. The van der Waals surface area contributed by atoms with Crippen LogP contribution in [-0.2, 0) is 4.79 Å². The minimum absolute atomic E-state index is 0.0512. The Bertz CT molecular complexity index is 225. The average molecular weight is 183 g/mol. The molecule has 0 spiro atoms. The Hall–Kier alpha value is -0.830. The number of hydrogen-bond acceptors (Lipinski definition) is 2. The van der Waals surface area contributed by atoms with Crippen LogP contribution in [0.5, 0.6) is 0 Å². The first-order valence-electron chi connectivity index (χ1n) is 4.74. The van der Waals surface area contributed by atoms with Crippen LogP contribution in [0.1, 0.15) is 20.3 Å². The van der Waals surface area contributed by atoms with Gasteiger partial charge < -0.3 is 10.8 Å². The molecule has 0 fully saturated rings. The Labute approximate surface area is 78.6 Å². The number of aliphatic carboxylic acids is 1. The second-order valence-electron chi connectivity index (χ2n) is 3.76. The highest BCUT2D eigenvalue weighted by Crippen LogP contribution is 2.29. The van der Waals surface area contributed by atoms with E-state index in [1.807, 2.05) is 19.9 Å². The van der Waals surface area contributed by atoms with Crippen molar-refractivity contribution in [2.24, 2.45) is 23.5 Å². The molecule has 0 saturated heterocycles. The summed E-state index contributed by atoms with van der Waals surface area (Å²) in [4.78, 5) is 10.9. The smallest absolute Gasteiger partial charge is 0.308 e. The molecule has 3 nitrogen and oxygen atoms in total. The number of hydrogen-bond donors (Lipinski definition) is 2. The third-order valence-electron chi connectivity index (χ3n) is 2.89. The van der Waals surface area contributed by atoms with Crippen molar-refractivity contribution in [1.82, 2.24) is 0 Å². The molecule has 0 aromatic rings. The van der Waals surface area contributed by atoms with E-state index < -0.39 is 11.9 Å². The van der Waals surface area contributed by atoms with Gasteiger partial charge in [0.1, 0.15) is 0 Å². The minimum Gasteiger partial charge on any atom is -0.481 e. The minimum atomic E-state index is -0.775. The zero-order valence-corrected chi connectivity index (χ0v) is 8.10. The van der Waals surface area contributed by atoms with Crippen LogP contribution in [0.4, 0.5) is 0 Å². The number of carbonyl (C=O) groups is 1. The van der Waals surface area contributed by atoms with Gasteiger partial charge >= 0.3 is 5.97 Å². The summed E-state index contributed by atoms with van der Waals surface area (Å²) < 4.78 is 0. The van der Waals surface area contributed by atoms with Gasteiger partial charge in [-0.2, -0.15) is 0 Å². The van der Waals surface area contributed by atoms with E-state index in [4.69, 9.17) is 10.8 Å². The number of carboxylic acid groups (broad SMARTS) is 1. The van der Waals surface area contributed by atoms with E-state index in [1.54, 1.807) is 0 Å². The lowest BCUT2D eigenvalue weighted by Gasteiger charge is -2.32. The zero-order valence-electron chi connectivity index (χ0n) is 8.10. The zero-order chi connectivity index (χ0) is 10.0. The van der Waals surface area contributed by atoms with Crippen LogP contribution in [0, 0.1) is 17.8 Å². The molecule has 4 atom stereocenters. The molecule has 4 unspecified atom stereocenters. The molecule has 0 bridgehead atoms. The molecule has 13 heavy (non-hydrogen) atoms. The van der Waals surface area contributed by atoms with E-state index >= 15 is 0 Å². The molecular formula is C10H17NO2. The van der Waals surface area contributed by atoms with Gasteiger partial charge in [-0.25, -0.2) is 0 Å². The molecule has 0 radical (unpaired) electrons. The molecule has 0 heterocycles. The maximum atomic E-state index is 10.9. The molecule has 74 valence electrons. The fourth-order valence-electron chi connectivity index (χ4n) is 1.98. The third kappa shape index (κ3) is 1.91. The number of carboxylic acids is 1. The van der Waals surface area contributed by atoms with E-state index in [0.717, 1.165) is 6.42 Å². The van der Waals surface area contributed by atoms with Crippen molar-refractivity contribution in [2.45, 2.75) is 26.3 Å². The first kappa shape index (κ1) is 10.3. The van der Waals surface area contributed by atoms with Gasteiger partial charge in [0.05, 0.1) is 5.92 Å². The topological polar surface area (TPSA) is 63.3 Å². The predicted molar refractivity (Wildman–Crippen MR) is 51.2 cm³/mol. The molecule has 0 amide bonds. The van der Waals surface area contributed by atoms with Gasteiger partial charge in [-0.3, -0.25) is 4.79 Å². The maximum absolute atomic E-state index is 10.9. The summed E-state index contributed by atoms with van der Waals surface area (Å²) in [5.41, 5.74) is 5.89. The molecule has 1 aliphatic carbocycles. The van der Waals surface area contributed by atoms with Crippen LogP contribution in [0.25, 0.3) is 0 Å². The van der Waals surface area contributed by atoms with Crippen LogP contribution < -0.4 is 5.73 Å². The fourth-order valence-corrected chi connectivity index (χ4v) is 1.98. The maximum Gasteiger partial charge on any atom is 0.308 e. The second kappa shape index (κ2) is 3.92. The van der Waals surface area contributed by atoms with Crippen LogP contribution in [0.3, 0.4) is 0 Å². The van der Waals surface area contributed by atoms with Gasteiger partial charge in [0.2, 0.25) is 0 Å².